The van der Waals surface area contributed by atoms with Crippen LogP contribution in [0, 0.1) is 11.3 Å². The molecule has 0 radical (unpaired) electrons. The van der Waals surface area contributed by atoms with Crippen LogP contribution in [0.5, 0.6) is 6.01 Å². The molecule has 10 nitrogen and oxygen atoms in total. The number of carbonyl (C=O) groups excluding carboxylic acids is 1. The zero-order chi connectivity index (χ0) is 31.5. The lowest BCUT2D eigenvalue weighted by Crippen LogP contribution is -2.55. The summed E-state index contributed by atoms with van der Waals surface area (Å²) in [6.07, 6.45) is 4.26. The zero-order valence-corrected chi connectivity index (χ0v) is 25.7. The summed E-state index contributed by atoms with van der Waals surface area (Å²) >= 11 is 6.57. The van der Waals surface area contributed by atoms with Gasteiger partial charge in [-0.2, -0.15) is 15.2 Å². The lowest BCUT2D eigenvalue weighted by atomic mass is 10.0. The topological polar surface area (TPSA) is 102 Å². The van der Waals surface area contributed by atoms with Crippen LogP contribution in [0.3, 0.4) is 0 Å². The molecule has 0 unspecified atom stereocenters. The second kappa shape index (κ2) is 13.5. The number of hydrogen-bond donors (Lipinski definition) is 0. The molecule has 2 aromatic heterocycles. The van der Waals surface area contributed by atoms with E-state index in [9.17, 15) is 18.8 Å². The number of benzene rings is 1. The van der Waals surface area contributed by atoms with Gasteiger partial charge in [-0.05, 0) is 43.3 Å². The van der Waals surface area contributed by atoms with E-state index in [2.05, 4.69) is 27.4 Å². The molecule has 2 atom stereocenters. The largest absolute Gasteiger partial charge is 0.462 e. The number of carbonyl (C=O) groups is 1. The van der Waals surface area contributed by atoms with Crippen molar-refractivity contribution < 1.29 is 18.3 Å². The van der Waals surface area contributed by atoms with E-state index in [0.717, 1.165) is 47.1 Å². The van der Waals surface area contributed by atoms with Gasteiger partial charge in [0.25, 0.3) is 5.91 Å². The molecule has 13 heteroatoms. The van der Waals surface area contributed by atoms with E-state index in [-0.39, 0.29) is 25.0 Å². The first-order chi connectivity index (χ1) is 21.9. The minimum atomic E-state index is -1.04. The number of ether oxygens (including phenoxy) is 1. The van der Waals surface area contributed by atoms with Gasteiger partial charge >= 0.3 is 6.01 Å². The summed E-state index contributed by atoms with van der Waals surface area (Å²) in [6.45, 7) is 6.37. The third-order valence-corrected chi connectivity index (χ3v) is 9.25. The molecule has 1 amide bonds. The lowest BCUT2D eigenvalue weighted by Gasteiger charge is -2.42. The molecule has 236 valence electrons. The molecule has 45 heavy (non-hydrogen) atoms. The zero-order valence-electron chi connectivity index (χ0n) is 25.0. The van der Waals surface area contributed by atoms with Crippen LogP contribution in [0.25, 0.3) is 10.8 Å². The molecule has 2 saturated heterocycles. The number of piperazine rings is 1. The molecule has 0 N–H and O–H groups in total. The Morgan fingerprint density at radius 2 is 2.02 bits per heavy atom. The van der Waals surface area contributed by atoms with Crippen molar-refractivity contribution >= 4 is 39.8 Å². The molecular formula is C32H35ClF2N8O2. The normalized spacial score (nSPS) is 20.3. The van der Waals surface area contributed by atoms with Gasteiger partial charge in [-0.25, -0.2) is 13.8 Å². The first-order valence-electron chi connectivity index (χ1n) is 15.3. The first kappa shape index (κ1) is 30.9. The van der Waals surface area contributed by atoms with Crippen molar-refractivity contribution in [2.24, 2.45) is 0 Å². The fraction of sp³-hybridized carbons (Fsp3) is 0.469. The summed E-state index contributed by atoms with van der Waals surface area (Å²) in [7, 11) is 0. The monoisotopic (exact) mass is 636 g/mol. The fourth-order valence-electron chi connectivity index (χ4n) is 6.76. The van der Waals surface area contributed by atoms with E-state index in [1.807, 2.05) is 29.2 Å². The summed E-state index contributed by atoms with van der Waals surface area (Å²) in [6, 6.07) is 9.87. The van der Waals surface area contributed by atoms with Gasteiger partial charge in [0.2, 0.25) is 0 Å². The highest BCUT2D eigenvalue weighted by atomic mass is 35.5. The van der Waals surface area contributed by atoms with Crippen LogP contribution in [-0.2, 0) is 17.8 Å². The quantitative estimate of drug-likeness (QED) is 0.249. The van der Waals surface area contributed by atoms with Gasteiger partial charge in [-0.1, -0.05) is 30.3 Å². The number of aromatic nitrogens is 3. The van der Waals surface area contributed by atoms with Crippen molar-refractivity contribution in [3.8, 4) is 12.1 Å². The average molecular weight is 637 g/mol. The van der Waals surface area contributed by atoms with Crippen LogP contribution < -0.4 is 14.5 Å². The molecule has 2 fully saturated rings. The van der Waals surface area contributed by atoms with Crippen LogP contribution in [0.2, 0.25) is 5.15 Å². The van der Waals surface area contributed by atoms with Gasteiger partial charge in [-0.3, -0.25) is 9.69 Å². The van der Waals surface area contributed by atoms with Gasteiger partial charge in [-0.15, -0.1) is 0 Å². The molecule has 3 aliphatic heterocycles. The lowest BCUT2D eigenvalue weighted by molar-refractivity contribution is -0.131. The third kappa shape index (κ3) is 6.37. The Labute approximate surface area is 265 Å². The van der Waals surface area contributed by atoms with E-state index in [4.69, 9.17) is 26.3 Å². The third-order valence-electron chi connectivity index (χ3n) is 8.96. The predicted molar refractivity (Wildman–Crippen MR) is 168 cm³/mol. The molecule has 0 aliphatic carbocycles. The Bertz CT molecular complexity index is 1630. The summed E-state index contributed by atoms with van der Waals surface area (Å²) < 4.78 is 33.2. The molecule has 3 aromatic rings. The van der Waals surface area contributed by atoms with Crippen molar-refractivity contribution in [3.63, 3.8) is 0 Å². The highest BCUT2D eigenvalue weighted by Gasteiger charge is 2.35. The van der Waals surface area contributed by atoms with Gasteiger partial charge in [0, 0.05) is 61.6 Å². The molecule has 0 bridgehead atoms. The van der Waals surface area contributed by atoms with Gasteiger partial charge in [0.15, 0.2) is 5.83 Å². The number of fused-ring (bicyclic) bond motifs is 2. The SMILES string of the molecule is C=C(F)C(=O)N1CCN(c2nc(OC[C@@H]3CCCN3CCF)nc3c2CCN(c2cccc4ccnc(Cl)c24)C3)C[C@@H]1CC#N. The molecule has 6 rings (SSSR count). The Kier molecular flexibility index (Phi) is 9.28. The number of hydrogen-bond acceptors (Lipinski definition) is 9. The standard InChI is InChI=1S/C32H35ClF2N8O2/c1-21(35)31(44)43-17-16-42(18-23(43)7-11-36)30-25-9-14-41(27-6-2-4-22-8-12-37-29(33)28(22)27)19-26(25)38-32(39-30)45-20-24-5-3-13-40(24)15-10-34/h2,4,6,8,12,23-24H,1,3,5,7,9-10,13-20H2/t23-,24-/m0/s1. The minimum Gasteiger partial charge on any atom is -0.462 e. The smallest absolute Gasteiger partial charge is 0.318 e. The van der Waals surface area contributed by atoms with Crippen LogP contribution >= 0.6 is 11.6 Å². The molecular weight excluding hydrogens is 602 g/mol. The van der Waals surface area contributed by atoms with Crippen molar-refractivity contribution in [1.82, 2.24) is 24.8 Å². The van der Waals surface area contributed by atoms with Crippen LogP contribution in [0.4, 0.5) is 20.3 Å². The van der Waals surface area contributed by atoms with Gasteiger partial charge < -0.3 is 19.4 Å². The fourth-order valence-corrected chi connectivity index (χ4v) is 7.02. The highest BCUT2D eigenvalue weighted by molar-refractivity contribution is 6.35. The van der Waals surface area contributed by atoms with Crippen molar-refractivity contribution in [2.45, 2.75) is 44.3 Å². The van der Waals surface area contributed by atoms with E-state index >= 15 is 0 Å². The Morgan fingerprint density at radius 3 is 2.82 bits per heavy atom. The number of alkyl halides is 1. The van der Waals surface area contributed by atoms with Crippen LogP contribution in [0.15, 0.2) is 42.9 Å². The summed E-state index contributed by atoms with van der Waals surface area (Å²) in [5, 5.41) is 11.8. The molecule has 1 aromatic carbocycles. The Hall–Kier alpha value is -4.08. The van der Waals surface area contributed by atoms with Crippen LogP contribution in [-0.4, -0.2) is 95.3 Å². The summed E-state index contributed by atoms with van der Waals surface area (Å²) in [5.74, 6) is -1.15. The van der Waals surface area contributed by atoms with Gasteiger partial charge in [0.1, 0.15) is 24.3 Å². The van der Waals surface area contributed by atoms with E-state index < -0.39 is 24.5 Å². The first-order valence-corrected chi connectivity index (χ1v) is 15.6. The Balaban J connectivity index is 1.33. The van der Waals surface area contributed by atoms with Crippen molar-refractivity contribution in [1.29, 1.82) is 5.26 Å². The average Bonchev–Trinajstić information content (AvgIpc) is 3.50. The number of nitrogens with zero attached hydrogens (tertiary/aromatic N) is 8. The molecule has 0 saturated carbocycles. The molecule has 0 spiro atoms. The number of anilines is 2. The van der Waals surface area contributed by atoms with Gasteiger partial charge in [0.05, 0.1) is 30.8 Å². The Morgan fingerprint density at radius 1 is 1.16 bits per heavy atom. The molecule has 3 aliphatic rings. The maximum absolute atomic E-state index is 13.8. The second-order valence-electron chi connectivity index (χ2n) is 11.6. The minimum absolute atomic E-state index is 0.0435. The molecule has 5 heterocycles. The van der Waals surface area contributed by atoms with E-state index in [0.29, 0.717) is 56.7 Å². The number of likely N-dealkylation sites (tertiary alicyclic amines) is 1. The summed E-state index contributed by atoms with van der Waals surface area (Å²) in [5.41, 5.74) is 2.73. The number of amides is 1. The van der Waals surface area contributed by atoms with E-state index in [1.165, 1.54) is 4.90 Å². The van der Waals surface area contributed by atoms with Crippen molar-refractivity contribution in [2.75, 3.05) is 62.3 Å². The predicted octanol–water partition coefficient (Wildman–Crippen LogP) is 4.47. The second-order valence-corrected chi connectivity index (χ2v) is 12.0. The maximum Gasteiger partial charge on any atom is 0.318 e. The van der Waals surface area contributed by atoms with Crippen molar-refractivity contribution in [3.05, 3.63) is 59.3 Å². The number of halogens is 3. The number of pyridine rings is 1. The van der Waals surface area contributed by atoms with E-state index in [1.54, 1.807) is 6.20 Å². The summed E-state index contributed by atoms with van der Waals surface area (Å²) in [4.78, 5) is 34.3. The highest BCUT2D eigenvalue weighted by Crippen LogP contribution is 2.37. The number of nitriles is 1. The maximum atomic E-state index is 13.8. The number of rotatable bonds is 9. The van der Waals surface area contributed by atoms with Crippen LogP contribution in [0.1, 0.15) is 30.5 Å².